The van der Waals surface area contributed by atoms with E-state index in [0.29, 0.717) is 22.9 Å². The van der Waals surface area contributed by atoms with Crippen molar-refractivity contribution in [3.8, 4) is 0 Å². The van der Waals surface area contributed by atoms with Crippen LogP contribution in [0.1, 0.15) is 18.5 Å². The number of halogens is 1. The van der Waals surface area contributed by atoms with E-state index in [-0.39, 0.29) is 12.6 Å². The van der Waals surface area contributed by atoms with Crippen molar-refractivity contribution in [2.24, 2.45) is 0 Å². The lowest BCUT2D eigenvalue weighted by atomic mass is 9.94. The van der Waals surface area contributed by atoms with Crippen LogP contribution >= 0.6 is 11.6 Å². The molecular weight excluding hydrogens is 332 g/mol. The molecule has 1 aliphatic heterocycles. The molecule has 0 saturated carbocycles. The second kappa shape index (κ2) is 7.68. The van der Waals surface area contributed by atoms with Gasteiger partial charge in [-0.1, -0.05) is 23.7 Å². The molecular formula is C17H21ClN2O4. The molecule has 1 aromatic carbocycles. The van der Waals surface area contributed by atoms with Gasteiger partial charge in [0.2, 0.25) is 0 Å². The highest BCUT2D eigenvalue weighted by molar-refractivity contribution is 6.30. The van der Waals surface area contributed by atoms with Gasteiger partial charge in [0.1, 0.15) is 6.61 Å². The summed E-state index contributed by atoms with van der Waals surface area (Å²) < 4.78 is 10.2. The normalized spacial score (nSPS) is 18.2. The van der Waals surface area contributed by atoms with Gasteiger partial charge in [-0.3, -0.25) is 0 Å². The van der Waals surface area contributed by atoms with E-state index in [1.165, 1.54) is 16.9 Å². The van der Waals surface area contributed by atoms with Crippen molar-refractivity contribution < 1.29 is 19.1 Å². The smallest absolute Gasteiger partial charge is 0.338 e. The van der Waals surface area contributed by atoms with Crippen LogP contribution < -0.4 is 0 Å². The summed E-state index contributed by atoms with van der Waals surface area (Å²) in [6, 6.07) is 6.35. The lowest BCUT2D eigenvalue weighted by Crippen LogP contribution is -2.47. The Balaban J connectivity index is 2.44. The Morgan fingerprint density at radius 2 is 1.83 bits per heavy atom. The van der Waals surface area contributed by atoms with Crippen molar-refractivity contribution in [3.05, 3.63) is 46.1 Å². The first kappa shape index (κ1) is 18.3. The number of hydrogen-bond donors (Lipinski definition) is 0. The quantitative estimate of drug-likeness (QED) is 0.604. The first-order chi connectivity index (χ1) is 11.4. The van der Waals surface area contributed by atoms with E-state index in [1.54, 1.807) is 45.3 Å². The van der Waals surface area contributed by atoms with Crippen molar-refractivity contribution in [2.45, 2.75) is 13.0 Å². The van der Waals surface area contributed by atoms with Gasteiger partial charge in [0.05, 0.1) is 18.2 Å². The maximum Gasteiger partial charge on any atom is 0.338 e. The largest absolute Gasteiger partial charge is 0.460 e. The second-order valence-electron chi connectivity index (χ2n) is 5.53. The summed E-state index contributed by atoms with van der Waals surface area (Å²) in [5.41, 5.74) is 1.79. The highest BCUT2D eigenvalue weighted by atomic mass is 35.5. The summed E-state index contributed by atoms with van der Waals surface area (Å²) in [5.74, 6) is -0.462. The Morgan fingerprint density at radius 1 is 1.21 bits per heavy atom. The number of allylic oxidation sites excluding steroid dienone is 1. The van der Waals surface area contributed by atoms with Gasteiger partial charge in [0.25, 0.3) is 0 Å². The molecule has 0 spiro atoms. The summed E-state index contributed by atoms with van der Waals surface area (Å²) in [4.78, 5) is 28.0. The molecule has 0 aromatic heterocycles. The molecule has 1 aromatic rings. The molecule has 130 valence electrons. The molecule has 1 atom stereocenters. The van der Waals surface area contributed by atoms with E-state index in [4.69, 9.17) is 21.1 Å². The standard InChI is InChI=1S/C17H21ClN2O4/c1-11-14(16(21)24-10-9-23-4)15(20(3)17(22)19(11)2)12-5-7-13(18)8-6-12/h5-8,15H,9-10H2,1-4H3/t15-/m0/s1. The first-order valence-corrected chi connectivity index (χ1v) is 7.89. The third kappa shape index (κ3) is 3.55. The number of esters is 1. The number of urea groups is 1. The summed E-state index contributed by atoms with van der Waals surface area (Å²) in [6.45, 7) is 2.20. The highest BCUT2D eigenvalue weighted by Gasteiger charge is 2.39. The van der Waals surface area contributed by atoms with Crippen molar-refractivity contribution in [3.63, 3.8) is 0 Å². The summed E-state index contributed by atoms with van der Waals surface area (Å²) >= 11 is 5.94. The van der Waals surface area contributed by atoms with Gasteiger partial charge < -0.3 is 19.3 Å². The van der Waals surface area contributed by atoms with E-state index in [1.807, 2.05) is 0 Å². The lowest BCUT2D eigenvalue weighted by molar-refractivity contribution is -0.141. The minimum atomic E-state index is -0.527. The summed E-state index contributed by atoms with van der Waals surface area (Å²) in [7, 11) is 4.83. The van der Waals surface area contributed by atoms with Crippen LogP contribution in [0.5, 0.6) is 0 Å². The lowest BCUT2D eigenvalue weighted by Gasteiger charge is -2.39. The van der Waals surface area contributed by atoms with Crippen LogP contribution in [0.2, 0.25) is 5.02 Å². The van der Waals surface area contributed by atoms with Gasteiger partial charge >= 0.3 is 12.0 Å². The fourth-order valence-corrected chi connectivity index (χ4v) is 2.78. The van der Waals surface area contributed by atoms with Gasteiger partial charge in [-0.2, -0.15) is 0 Å². The number of carbonyl (C=O) groups excluding carboxylic acids is 2. The van der Waals surface area contributed by atoms with Gasteiger partial charge in [-0.05, 0) is 24.6 Å². The minimum Gasteiger partial charge on any atom is -0.460 e. The molecule has 2 rings (SSSR count). The Kier molecular flexibility index (Phi) is 5.85. The van der Waals surface area contributed by atoms with Gasteiger partial charge in [0.15, 0.2) is 0 Å². The number of rotatable bonds is 5. The number of benzene rings is 1. The van der Waals surface area contributed by atoms with Gasteiger partial charge in [-0.15, -0.1) is 0 Å². The molecule has 0 bridgehead atoms. The van der Waals surface area contributed by atoms with E-state index in [2.05, 4.69) is 0 Å². The average Bonchev–Trinajstić information content (AvgIpc) is 2.57. The predicted molar refractivity (Wildman–Crippen MR) is 90.7 cm³/mol. The maximum atomic E-state index is 12.6. The van der Waals surface area contributed by atoms with Crippen LogP contribution in [0, 0.1) is 0 Å². The number of likely N-dealkylation sites (N-methyl/N-ethyl adjacent to an activating group) is 1. The van der Waals surface area contributed by atoms with Crippen molar-refractivity contribution >= 4 is 23.6 Å². The van der Waals surface area contributed by atoms with E-state index in [0.717, 1.165) is 5.56 Å². The van der Waals surface area contributed by atoms with Crippen LogP contribution in [0.4, 0.5) is 4.79 Å². The number of nitrogens with zero attached hydrogens (tertiary/aromatic N) is 2. The third-order valence-electron chi connectivity index (χ3n) is 4.07. The zero-order valence-electron chi connectivity index (χ0n) is 14.2. The van der Waals surface area contributed by atoms with Gasteiger partial charge in [-0.25, -0.2) is 9.59 Å². The Morgan fingerprint density at radius 3 is 2.42 bits per heavy atom. The SMILES string of the molecule is COCCOC(=O)C1=C(C)N(C)C(=O)N(C)[C@H]1c1ccc(Cl)cc1. The third-order valence-corrected chi connectivity index (χ3v) is 4.32. The summed E-state index contributed by atoms with van der Waals surface area (Å²) in [5, 5.41) is 0.588. The number of methoxy groups -OCH3 is 1. The minimum absolute atomic E-state index is 0.154. The Bertz CT molecular complexity index is 657. The average molecular weight is 353 g/mol. The molecule has 7 heteroatoms. The van der Waals surface area contributed by atoms with Gasteiger partial charge in [0, 0.05) is 31.9 Å². The van der Waals surface area contributed by atoms with Crippen LogP contribution in [0.3, 0.4) is 0 Å². The van der Waals surface area contributed by atoms with E-state index < -0.39 is 12.0 Å². The van der Waals surface area contributed by atoms with E-state index in [9.17, 15) is 9.59 Å². The van der Waals surface area contributed by atoms with Crippen LogP contribution in [0.15, 0.2) is 35.5 Å². The van der Waals surface area contributed by atoms with Crippen molar-refractivity contribution in [1.29, 1.82) is 0 Å². The fraction of sp³-hybridized carbons (Fsp3) is 0.412. The molecule has 24 heavy (non-hydrogen) atoms. The molecule has 1 heterocycles. The highest BCUT2D eigenvalue weighted by Crippen LogP contribution is 2.36. The predicted octanol–water partition coefficient (Wildman–Crippen LogP) is 2.84. The molecule has 0 aliphatic carbocycles. The molecule has 0 N–H and O–H groups in total. The fourth-order valence-electron chi connectivity index (χ4n) is 2.65. The topological polar surface area (TPSA) is 59.1 Å². The second-order valence-corrected chi connectivity index (χ2v) is 5.97. The molecule has 6 nitrogen and oxygen atoms in total. The molecule has 2 amide bonds. The Labute approximate surface area is 146 Å². The number of amides is 2. The molecule has 0 radical (unpaired) electrons. The number of ether oxygens (including phenoxy) is 2. The summed E-state index contributed by atoms with van der Waals surface area (Å²) in [6.07, 6.45) is 0. The monoisotopic (exact) mass is 352 g/mol. The molecule has 0 saturated heterocycles. The molecule has 0 unspecified atom stereocenters. The molecule has 0 fully saturated rings. The molecule has 1 aliphatic rings. The number of carbonyl (C=O) groups is 2. The van der Waals surface area contributed by atoms with Crippen LogP contribution in [0.25, 0.3) is 0 Å². The van der Waals surface area contributed by atoms with Crippen molar-refractivity contribution in [1.82, 2.24) is 9.80 Å². The zero-order valence-corrected chi connectivity index (χ0v) is 15.0. The Hall–Kier alpha value is -2.05. The van der Waals surface area contributed by atoms with Crippen LogP contribution in [-0.2, 0) is 14.3 Å². The van der Waals surface area contributed by atoms with Crippen molar-refractivity contribution in [2.75, 3.05) is 34.4 Å². The number of hydrogen-bond acceptors (Lipinski definition) is 4. The first-order valence-electron chi connectivity index (χ1n) is 7.51. The zero-order chi connectivity index (χ0) is 17.9. The maximum absolute atomic E-state index is 12.6. The van der Waals surface area contributed by atoms with Crippen LogP contribution in [-0.4, -0.2) is 56.2 Å². The van der Waals surface area contributed by atoms with E-state index >= 15 is 0 Å².